The number of carboxylic acid groups (broad SMARTS) is 1. The zero-order valence-corrected chi connectivity index (χ0v) is 21.4. The van der Waals surface area contributed by atoms with Crippen LogP contribution >= 0.6 is 23.1 Å². The maximum Gasteiger partial charge on any atom is 0.276 e. The monoisotopic (exact) mass is 542 g/mol. The number of aryl methyl sites for hydroxylation is 1. The molecule has 3 aromatic rings. The molecule has 4 N–H and O–H groups in total. The molecular formula is C22H22N8O5S2. The predicted molar refractivity (Wildman–Crippen MR) is 133 cm³/mol. The van der Waals surface area contributed by atoms with Gasteiger partial charge in [-0.15, -0.1) is 23.1 Å². The third kappa shape index (κ3) is 4.51. The number of nitrogens with one attached hydrogen (secondary N) is 2. The van der Waals surface area contributed by atoms with Gasteiger partial charge in [0.1, 0.15) is 29.0 Å². The number of nitrogens with two attached hydrogens (primary N) is 1. The van der Waals surface area contributed by atoms with Crippen LogP contribution in [-0.4, -0.2) is 67.9 Å². The van der Waals surface area contributed by atoms with Gasteiger partial charge in [0.25, 0.3) is 11.8 Å². The van der Waals surface area contributed by atoms with E-state index in [0.29, 0.717) is 11.3 Å². The number of pyridine rings is 1. The van der Waals surface area contributed by atoms with Gasteiger partial charge in [0, 0.05) is 23.5 Å². The zero-order chi connectivity index (χ0) is 26.3. The molecular weight excluding hydrogens is 520 g/mol. The van der Waals surface area contributed by atoms with E-state index in [9.17, 15) is 19.5 Å². The van der Waals surface area contributed by atoms with Crippen molar-refractivity contribution in [2.75, 3.05) is 18.6 Å². The highest BCUT2D eigenvalue weighted by Crippen LogP contribution is 2.40. The number of amides is 2. The van der Waals surface area contributed by atoms with E-state index in [0.717, 1.165) is 21.6 Å². The number of β-lactam (4-membered cyclic amide) rings is 1. The van der Waals surface area contributed by atoms with Crippen molar-refractivity contribution in [2.45, 2.75) is 31.3 Å². The first-order valence-electron chi connectivity index (χ1n) is 11.2. The molecule has 5 rings (SSSR count). The topological polar surface area (TPSA) is 183 Å². The molecule has 15 heteroatoms. The number of thiazole rings is 1. The predicted octanol–water partition coefficient (Wildman–Crippen LogP) is -1.09. The minimum absolute atomic E-state index is 0.148. The Morgan fingerprint density at radius 2 is 2.27 bits per heavy atom. The number of nitrogens with zero attached hydrogens (tertiary/aromatic N) is 5. The minimum Gasteiger partial charge on any atom is -0.543 e. The third-order valence-electron chi connectivity index (χ3n) is 5.89. The van der Waals surface area contributed by atoms with Crippen molar-refractivity contribution < 1.29 is 28.9 Å². The van der Waals surface area contributed by atoms with E-state index in [4.69, 9.17) is 10.6 Å². The van der Waals surface area contributed by atoms with Gasteiger partial charge in [0.15, 0.2) is 24.7 Å². The maximum atomic E-state index is 13.0. The van der Waals surface area contributed by atoms with Crippen LogP contribution in [0.1, 0.15) is 17.6 Å². The highest BCUT2D eigenvalue weighted by atomic mass is 32.2. The Labute approximate surface area is 218 Å². The van der Waals surface area contributed by atoms with Crippen molar-refractivity contribution in [1.82, 2.24) is 25.4 Å². The molecule has 13 nitrogen and oxygen atoms in total. The Hall–Kier alpha value is -3.98. The molecule has 37 heavy (non-hydrogen) atoms. The molecule has 5 heterocycles. The van der Waals surface area contributed by atoms with Gasteiger partial charge >= 0.3 is 0 Å². The molecule has 2 amide bonds. The van der Waals surface area contributed by atoms with Crippen LogP contribution in [0, 0.1) is 0 Å². The van der Waals surface area contributed by atoms with Crippen molar-refractivity contribution in [1.29, 1.82) is 0 Å². The van der Waals surface area contributed by atoms with Crippen molar-refractivity contribution in [3.05, 3.63) is 46.5 Å². The molecule has 1 saturated heterocycles. The first-order valence-corrected chi connectivity index (χ1v) is 13.1. The van der Waals surface area contributed by atoms with Crippen LogP contribution in [0.3, 0.4) is 0 Å². The fraction of sp³-hybridized carbons (Fsp3) is 0.318. The third-order valence-corrected chi connectivity index (χ3v) is 8.38. The van der Waals surface area contributed by atoms with E-state index in [1.807, 2.05) is 30.0 Å². The van der Waals surface area contributed by atoms with Crippen LogP contribution < -0.4 is 20.7 Å². The summed E-state index contributed by atoms with van der Waals surface area (Å²) < 4.78 is 2.86. The lowest BCUT2D eigenvalue weighted by atomic mass is 10.0. The number of rotatable bonds is 8. The summed E-state index contributed by atoms with van der Waals surface area (Å²) in [6, 6.07) is 2.33. The van der Waals surface area contributed by atoms with Crippen LogP contribution in [0.2, 0.25) is 0 Å². The number of thioether (sulfide) groups is 1. The summed E-state index contributed by atoms with van der Waals surface area (Å²) in [4.78, 5) is 48.5. The number of oxime groups is 1. The van der Waals surface area contributed by atoms with Gasteiger partial charge in [-0.2, -0.15) is 9.67 Å². The molecule has 2 aliphatic rings. The minimum atomic E-state index is -1.44. The van der Waals surface area contributed by atoms with Crippen molar-refractivity contribution in [3.8, 4) is 0 Å². The SMILES string of the molecule is CCc1nc2cc[n+](CC3=C(C(=O)[O-])N4C(=O)C(NC(=O)C(=NOC)c5cc(N)n[nH]5)[C@@H]4SC3)cc2s1. The van der Waals surface area contributed by atoms with Crippen LogP contribution in [0.15, 0.2) is 41.0 Å². The number of hydrogen-bond donors (Lipinski definition) is 3. The van der Waals surface area contributed by atoms with E-state index >= 15 is 0 Å². The fourth-order valence-electron chi connectivity index (χ4n) is 4.20. The Kier molecular flexibility index (Phi) is 6.55. The lowest BCUT2D eigenvalue weighted by Crippen LogP contribution is -2.71. The van der Waals surface area contributed by atoms with Gasteiger partial charge in [-0.05, 0) is 6.42 Å². The highest BCUT2D eigenvalue weighted by Gasteiger charge is 2.53. The second-order valence-electron chi connectivity index (χ2n) is 8.26. The molecule has 0 radical (unpaired) electrons. The average molecular weight is 543 g/mol. The fourth-order valence-corrected chi connectivity index (χ4v) is 6.48. The summed E-state index contributed by atoms with van der Waals surface area (Å²) >= 11 is 2.94. The molecule has 1 unspecified atom stereocenters. The Morgan fingerprint density at radius 1 is 1.46 bits per heavy atom. The smallest absolute Gasteiger partial charge is 0.276 e. The lowest BCUT2D eigenvalue weighted by Gasteiger charge is -2.50. The number of hydrogen-bond acceptors (Lipinski definition) is 11. The summed E-state index contributed by atoms with van der Waals surface area (Å²) in [6.07, 6.45) is 4.58. The number of carbonyl (C=O) groups is 3. The number of anilines is 1. The molecule has 0 spiro atoms. The van der Waals surface area contributed by atoms with Crippen LogP contribution in [0.25, 0.3) is 10.2 Å². The van der Waals surface area contributed by atoms with E-state index in [-0.39, 0.29) is 29.5 Å². The molecule has 0 bridgehead atoms. The number of nitrogen functional groups attached to an aromatic ring is 1. The van der Waals surface area contributed by atoms with Crippen LogP contribution in [0.5, 0.6) is 0 Å². The second kappa shape index (κ2) is 9.82. The Morgan fingerprint density at radius 3 is 2.95 bits per heavy atom. The molecule has 0 aliphatic carbocycles. The first kappa shape index (κ1) is 24.7. The van der Waals surface area contributed by atoms with E-state index < -0.39 is 29.2 Å². The number of aromatic amines is 1. The first-order chi connectivity index (χ1) is 17.8. The molecule has 0 saturated carbocycles. The largest absolute Gasteiger partial charge is 0.543 e. The number of fused-ring (bicyclic) bond motifs is 2. The van der Waals surface area contributed by atoms with E-state index in [1.54, 1.807) is 11.3 Å². The summed E-state index contributed by atoms with van der Waals surface area (Å²) in [7, 11) is 1.27. The number of H-pyrrole nitrogens is 1. The summed E-state index contributed by atoms with van der Waals surface area (Å²) in [5, 5.41) is 25.2. The molecule has 1 fully saturated rings. The quantitative estimate of drug-likeness (QED) is 0.138. The molecule has 2 atom stereocenters. The van der Waals surface area contributed by atoms with Gasteiger partial charge in [-0.3, -0.25) is 19.6 Å². The Balaban J connectivity index is 1.35. The maximum absolute atomic E-state index is 13.0. The van der Waals surface area contributed by atoms with Gasteiger partial charge in [0.05, 0.1) is 27.9 Å². The van der Waals surface area contributed by atoms with Crippen LogP contribution in [0.4, 0.5) is 5.82 Å². The van der Waals surface area contributed by atoms with Gasteiger partial charge in [-0.1, -0.05) is 12.1 Å². The summed E-state index contributed by atoms with van der Waals surface area (Å²) in [5.74, 6) is -2.21. The molecule has 2 aliphatic heterocycles. The summed E-state index contributed by atoms with van der Waals surface area (Å²) in [5.41, 5.74) is 6.91. The van der Waals surface area contributed by atoms with Gasteiger partial charge < -0.3 is 25.8 Å². The molecule has 0 aromatic carbocycles. The number of carboxylic acids is 1. The van der Waals surface area contributed by atoms with Crippen molar-refractivity contribution in [2.24, 2.45) is 5.16 Å². The number of aliphatic carboxylic acids is 1. The second-order valence-corrected chi connectivity index (χ2v) is 10.5. The zero-order valence-electron chi connectivity index (χ0n) is 19.8. The number of carbonyl (C=O) groups excluding carboxylic acids is 3. The molecule has 192 valence electrons. The number of aromatic nitrogens is 4. The standard InChI is InChI=1S/C22H22N8O5S2/c1-3-15-24-11-4-5-29(8-13(11)37-15)7-10-9-36-21-17(20(32)30(21)18(10)22(33)34)25-19(31)16(28-35-2)12-6-14(23)27-26-12/h4-6,8,17,21H,3,7,9H2,1-2H3,(H4-,23,25,26,27,28,31,33,34)/t17?,21-/m0/s1. The van der Waals surface area contributed by atoms with Crippen molar-refractivity contribution in [3.63, 3.8) is 0 Å². The van der Waals surface area contributed by atoms with Gasteiger partial charge in [0.2, 0.25) is 0 Å². The van der Waals surface area contributed by atoms with E-state index in [1.165, 1.54) is 29.8 Å². The van der Waals surface area contributed by atoms with Crippen LogP contribution in [-0.2, 0) is 32.2 Å². The van der Waals surface area contributed by atoms with E-state index in [2.05, 4.69) is 25.7 Å². The highest BCUT2D eigenvalue weighted by molar-refractivity contribution is 8.00. The lowest BCUT2D eigenvalue weighted by molar-refractivity contribution is -0.687. The normalized spacial score (nSPS) is 19.6. The van der Waals surface area contributed by atoms with Crippen molar-refractivity contribution >= 4 is 62.6 Å². The Bertz CT molecular complexity index is 1480. The average Bonchev–Trinajstić information content (AvgIpc) is 3.50. The molecule has 3 aromatic heterocycles. The summed E-state index contributed by atoms with van der Waals surface area (Å²) in [6.45, 7) is 2.31. The van der Waals surface area contributed by atoms with Gasteiger partial charge in [-0.25, -0.2) is 4.98 Å².